The van der Waals surface area contributed by atoms with E-state index in [1.165, 1.54) is 39.0 Å². The molecule has 0 bridgehead atoms. The van der Waals surface area contributed by atoms with E-state index in [-0.39, 0.29) is 26.0 Å². The van der Waals surface area contributed by atoms with Crippen molar-refractivity contribution in [3.63, 3.8) is 0 Å². The Hall–Kier alpha value is 1.11. The molecule has 1 saturated heterocycles. The van der Waals surface area contributed by atoms with Crippen molar-refractivity contribution < 1.29 is 16.5 Å². The molecule has 0 saturated carbocycles. The molecule has 1 heterocycles. The van der Waals surface area contributed by atoms with Gasteiger partial charge in [0.1, 0.15) is 9.49 Å². The summed E-state index contributed by atoms with van der Waals surface area (Å²) in [5.41, 5.74) is 0. The van der Waals surface area contributed by atoms with Crippen molar-refractivity contribution in [2.24, 2.45) is 0 Å². The van der Waals surface area contributed by atoms with Gasteiger partial charge in [0.2, 0.25) is 0 Å². The van der Waals surface area contributed by atoms with Crippen LogP contribution in [-0.2, 0) is 41.7 Å². The van der Waals surface area contributed by atoms with E-state index < -0.39 is 0 Å². The molecule has 19 heavy (non-hydrogen) atoms. The van der Waals surface area contributed by atoms with Gasteiger partial charge in [0, 0.05) is 29.6 Å². The fourth-order valence-corrected chi connectivity index (χ4v) is 3.14. The number of nitrogens with zero attached hydrogens (tertiary/aromatic N) is 2. The van der Waals surface area contributed by atoms with Gasteiger partial charge in [-0.1, -0.05) is 0 Å². The Labute approximate surface area is 140 Å². The summed E-state index contributed by atoms with van der Waals surface area (Å²) in [4.78, 5) is 5.20. The molecule has 0 spiro atoms. The number of hydrogen-bond acceptors (Lipinski definition) is 2. The van der Waals surface area contributed by atoms with Crippen molar-refractivity contribution in [3.05, 3.63) is 0 Å². The van der Waals surface area contributed by atoms with Crippen LogP contribution in [0.3, 0.4) is 0 Å². The van der Waals surface area contributed by atoms with E-state index in [0.29, 0.717) is 0 Å². The zero-order valence-electron chi connectivity index (χ0n) is 12.9. The quantitative estimate of drug-likeness (QED) is 0.550. The Morgan fingerprint density at radius 1 is 0.737 bits per heavy atom. The van der Waals surface area contributed by atoms with Gasteiger partial charge in [-0.15, -0.1) is 0 Å². The van der Waals surface area contributed by atoms with Crippen LogP contribution >= 0.6 is 0 Å². The predicted octanol–water partition coefficient (Wildman–Crippen LogP) is 0.962. The van der Waals surface area contributed by atoms with Crippen LogP contribution in [0.25, 0.3) is 0 Å². The normalized spacial score (nSPS) is 20.5. The first-order valence-corrected chi connectivity index (χ1v) is 8.10. The summed E-state index contributed by atoms with van der Waals surface area (Å²) in [5.74, 6) is 0. The molecule has 0 amide bonds. The summed E-state index contributed by atoms with van der Waals surface area (Å²) in [6.07, 6.45) is 2.56. The Kier molecular flexibility index (Phi) is 9.03. The fourth-order valence-electron chi connectivity index (χ4n) is 2.69. The minimum absolute atomic E-state index is 0. The molecule has 118 valence electrons. The molecule has 1 aliphatic heterocycles. The Morgan fingerprint density at radius 2 is 1.00 bits per heavy atom. The van der Waals surface area contributed by atoms with Crippen LogP contribution in [-0.4, -0.2) is 58.6 Å². The SMILES string of the molecule is CC(C)([SH2+])CN1CCCN(CC(C)(C)[SH2+])CCC1.[Ni]. The van der Waals surface area contributed by atoms with E-state index in [2.05, 4.69) is 62.8 Å². The third kappa shape index (κ3) is 10.5. The van der Waals surface area contributed by atoms with Gasteiger partial charge in [0.15, 0.2) is 0 Å². The number of rotatable bonds is 4. The largest absolute Gasteiger partial charge is 0.298 e. The second-order valence-corrected chi connectivity index (χ2v) is 9.73. The first-order valence-electron chi connectivity index (χ1n) is 7.10. The Morgan fingerprint density at radius 3 is 1.21 bits per heavy atom. The standard InChI is InChI=1S/C14H30N2S2.Ni/c1-13(2,17)11-15-7-5-9-16(10-6-8-15)12-14(3,4)18;/h17-18H,5-12H2,1-4H3;/p+2. The third-order valence-corrected chi connectivity index (χ3v) is 3.45. The van der Waals surface area contributed by atoms with E-state index >= 15 is 0 Å². The summed E-state index contributed by atoms with van der Waals surface area (Å²) in [6, 6.07) is 0. The molecule has 0 N–H and O–H groups in total. The second-order valence-electron chi connectivity index (χ2n) is 7.03. The first-order chi connectivity index (χ1) is 8.16. The van der Waals surface area contributed by atoms with E-state index in [0.717, 1.165) is 13.1 Å². The van der Waals surface area contributed by atoms with Crippen LogP contribution in [0.1, 0.15) is 40.5 Å². The first kappa shape index (κ1) is 20.1. The van der Waals surface area contributed by atoms with Gasteiger partial charge in [0.25, 0.3) is 0 Å². The predicted molar refractivity (Wildman–Crippen MR) is 90.6 cm³/mol. The zero-order valence-corrected chi connectivity index (χ0v) is 15.9. The minimum atomic E-state index is 0. The third-order valence-electron chi connectivity index (χ3n) is 3.14. The van der Waals surface area contributed by atoms with Gasteiger partial charge in [-0.3, -0.25) is 9.80 Å². The molecule has 5 heteroatoms. The minimum Gasteiger partial charge on any atom is -0.298 e. The van der Waals surface area contributed by atoms with Gasteiger partial charge < -0.3 is 0 Å². The van der Waals surface area contributed by atoms with Crippen molar-refractivity contribution in [2.45, 2.75) is 50.0 Å². The van der Waals surface area contributed by atoms with E-state index in [1.54, 1.807) is 0 Å². The van der Waals surface area contributed by atoms with Crippen LogP contribution in [0.5, 0.6) is 0 Å². The summed E-state index contributed by atoms with van der Waals surface area (Å²) in [5, 5.41) is 0. The Bertz CT molecular complexity index is 215. The van der Waals surface area contributed by atoms with E-state index in [9.17, 15) is 0 Å². The molecule has 0 aromatic heterocycles. The molecule has 0 atom stereocenters. The van der Waals surface area contributed by atoms with Crippen LogP contribution in [0, 0.1) is 0 Å². The molecule has 1 rings (SSSR count). The maximum atomic E-state index is 3.80. The average molecular weight is 351 g/mol. The van der Waals surface area contributed by atoms with Crippen molar-refractivity contribution in [1.82, 2.24) is 9.80 Å². The summed E-state index contributed by atoms with van der Waals surface area (Å²) < 4.78 is 0.465. The van der Waals surface area contributed by atoms with Crippen LogP contribution in [0.2, 0.25) is 0 Å². The van der Waals surface area contributed by atoms with Gasteiger partial charge in [-0.25, -0.2) is 0 Å². The number of hydrogen-bond donors (Lipinski definition) is 0. The molecule has 0 aromatic carbocycles. The van der Waals surface area contributed by atoms with Crippen molar-refractivity contribution in [2.75, 3.05) is 39.3 Å². The summed E-state index contributed by atoms with van der Waals surface area (Å²) >= 11 is 7.61. The molecular weight excluding hydrogens is 319 g/mol. The van der Waals surface area contributed by atoms with Gasteiger partial charge in [-0.2, -0.15) is 0 Å². The van der Waals surface area contributed by atoms with Crippen molar-refractivity contribution >= 4 is 25.3 Å². The molecular formula is C14H32N2NiS2+2. The molecule has 1 aliphatic rings. The van der Waals surface area contributed by atoms with Crippen molar-refractivity contribution in [3.8, 4) is 0 Å². The smallest absolute Gasteiger partial charge is 0.130 e. The van der Waals surface area contributed by atoms with Gasteiger partial charge in [-0.05, 0) is 92.0 Å². The molecule has 2 nitrogen and oxygen atoms in total. The fraction of sp³-hybridized carbons (Fsp3) is 1.00. The summed E-state index contributed by atoms with van der Waals surface area (Å²) in [6.45, 7) is 16.2. The monoisotopic (exact) mass is 350 g/mol. The second kappa shape index (κ2) is 8.53. The summed E-state index contributed by atoms with van der Waals surface area (Å²) in [7, 11) is 0. The van der Waals surface area contributed by atoms with Crippen LogP contribution in [0.15, 0.2) is 0 Å². The molecule has 0 unspecified atom stereocenters. The maximum Gasteiger partial charge on any atom is 0.130 e. The topological polar surface area (TPSA) is 6.48 Å². The van der Waals surface area contributed by atoms with Crippen LogP contribution < -0.4 is 0 Å². The van der Waals surface area contributed by atoms with Crippen molar-refractivity contribution in [1.29, 1.82) is 0 Å². The van der Waals surface area contributed by atoms with Gasteiger partial charge >= 0.3 is 0 Å². The average Bonchev–Trinajstić information content (AvgIpc) is 2.08. The maximum absolute atomic E-state index is 3.80. The zero-order chi connectivity index (χ0) is 13.8. The van der Waals surface area contributed by atoms with Gasteiger partial charge in [0.05, 0.1) is 0 Å². The molecule has 0 radical (unpaired) electrons. The van der Waals surface area contributed by atoms with E-state index in [4.69, 9.17) is 0 Å². The van der Waals surface area contributed by atoms with E-state index in [1.807, 2.05) is 0 Å². The van der Waals surface area contributed by atoms with Crippen LogP contribution in [0.4, 0.5) is 0 Å². The molecule has 0 aromatic rings. The Balaban J connectivity index is 0.00000324. The molecule has 0 aliphatic carbocycles. The molecule has 1 fully saturated rings.